The number of halogens is 2. The van der Waals surface area contributed by atoms with Gasteiger partial charge in [0.15, 0.2) is 11.0 Å². The number of nitrogens with zero attached hydrogens (tertiary/aromatic N) is 5. The lowest BCUT2D eigenvalue weighted by molar-refractivity contribution is 0.860. The van der Waals surface area contributed by atoms with E-state index in [1.165, 1.54) is 4.68 Å². The fraction of sp³-hybridized carbons (Fsp3) is 0.250. The summed E-state index contributed by atoms with van der Waals surface area (Å²) in [5, 5.41) is 13.4. The number of H-pyrrole nitrogens is 1. The number of hydrogen-bond donors (Lipinski definition) is 1. The molecule has 136 valence electrons. The molecular formula is C16H16Cl2N6S2. The molecule has 3 rings (SSSR count). The van der Waals surface area contributed by atoms with Crippen LogP contribution in [0.4, 0.5) is 5.13 Å². The Labute approximate surface area is 170 Å². The van der Waals surface area contributed by atoms with Crippen molar-refractivity contribution in [3.63, 3.8) is 0 Å². The van der Waals surface area contributed by atoms with Gasteiger partial charge in [-0.2, -0.15) is 14.9 Å². The van der Waals surface area contributed by atoms with Gasteiger partial charge in [0.05, 0.1) is 16.1 Å². The van der Waals surface area contributed by atoms with Gasteiger partial charge in [-0.25, -0.2) is 10.1 Å². The average molecular weight is 427 g/mol. The molecule has 3 aromatic rings. The fourth-order valence-corrected chi connectivity index (χ4v) is 3.92. The average Bonchev–Trinajstić information content (AvgIpc) is 3.21. The molecule has 0 saturated heterocycles. The number of nitrogens with one attached hydrogen (secondary N) is 1. The lowest BCUT2D eigenvalue weighted by atomic mass is 10.2. The van der Waals surface area contributed by atoms with Crippen molar-refractivity contribution in [2.75, 3.05) is 18.0 Å². The normalized spacial score (nSPS) is 11.4. The third-order valence-electron chi connectivity index (χ3n) is 3.67. The standard InChI is InChI=1S/C16H16Cl2N6S2/c1-3-23(4-2)16-19-8-11(26-16)9-20-24-14(21-22-15(24)25)12-6-5-10(17)7-13(12)18/h5-9H,3-4H2,1-2H3,(H,22,25)/b20-9+. The van der Waals surface area contributed by atoms with Crippen molar-refractivity contribution in [3.8, 4) is 11.4 Å². The second kappa shape index (κ2) is 8.30. The van der Waals surface area contributed by atoms with Gasteiger partial charge in [-0.05, 0) is 44.3 Å². The van der Waals surface area contributed by atoms with Crippen molar-refractivity contribution in [2.45, 2.75) is 13.8 Å². The monoisotopic (exact) mass is 426 g/mol. The molecule has 0 radical (unpaired) electrons. The van der Waals surface area contributed by atoms with Gasteiger partial charge in [-0.3, -0.25) is 0 Å². The third kappa shape index (κ3) is 3.98. The van der Waals surface area contributed by atoms with Crippen LogP contribution in [0.1, 0.15) is 18.7 Å². The van der Waals surface area contributed by atoms with Gasteiger partial charge < -0.3 is 4.90 Å². The molecule has 6 nitrogen and oxygen atoms in total. The maximum Gasteiger partial charge on any atom is 0.216 e. The molecule has 0 aliphatic rings. The number of hydrogen-bond acceptors (Lipinski definition) is 6. The Hall–Kier alpha value is -1.74. The van der Waals surface area contributed by atoms with Crippen LogP contribution >= 0.6 is 46.8 Å². The van der Waals surface area contributed by atoms with Gasteiger partial charge in [-0.1, -0.05) is 34.5 Å². The number of benzene rings is 1. The van der Waals surface area contributed by atoms with Crippen LogP contribution in [0.25, 0.3) is 11.4 Å². The van der Waals surface area contributed by atoms with Gasteiger partial charge in [0, 0.05) is 29.9 Å². The molecule has 0 fully saturated rings. The summed E-state index contributed by atoms with van der Waals surface area (Å²) in [6.45, 7) is 6.02. The van der Waals surface area contributed by atoms with Crippen LogP contribution in [-0.2, 0) is 0 Å². The molecule has 0 atom stereocenters. The summed E-state index contributed by atoms with van der Waals surface area (Å²) in [7, 11) is 0. The van der Waals surface area contributed by atoms with Crippen LogP contribution in [0.15, 0.2) is 29.5 Å². The van der Waals surface area contributed by atoms with Crippen LogP contribution in [0.2, 0.25) is 10.0 Å². The maximum atomic E-state index is 6.28. The quantitative estimate of drug-likeness (QED) is 0.439. The molecule has 0 amide bonds. The summed E-state index contributed by atoms with van der Waals surface area (Å²) < 4.78 is 1.90. The largest absolute Gasteiger partial charge is 0.349 e. The van der Waals surface area contributed by atoms with E-state index in [4.69, 9.17) is 35.4 Å². The Kier molecular flexibility index (Phi) is 6.08. The molecule has 0 spiro atoms. The van der Waals surface area contributed by atoms with Gasteiger partial charge in [0.2, 0.25) is 4.77 Å². The van der Waals surface area contributed by atoms with Crippen molar-refractivity contribution >= 4 is 58.1 Å². The Morgan fingerprint density at radius 2 is 2.12 bits per heavy atom. The Bertz CT molecular complexity index is 987. The van der Waals surface area contributed by atoms with Crippen LogP contribution in [0.5, 0.6) is 0 Å². The summed E-state index contributed by atoms with van der Waals surface area (Å²) in [4.78, 5) is 7.55. The minimum Gasteiger partial charge on any atom is -0.349 e. The molecular weight excluding hydrogens is 411 g/mol. The van der Waals surface area contributed by atoms with Gasteiger partial charge in [0.1, 0.15) is 0 Å². The van der Waals surface area contributed by atoms with E-state index < -0.39 is 0 Å². The third-order valence-corrected chi connectivity index (χ3v) is 5.47. The highest BCUT2D eigenvalue weighted by Gasteiger charge is 2.13. The van der Waals surface area contributed by atoms with E-state index >= 15 is 0 Å². The van der Waals surface area contributed by atoms with Crippen molar-refractivity contribution in [1.82, 2.24) is 19.9 Å². The first-order valence-electron chi connectivity index (χ1n) is 7.91. The van der Waals surface area contributed by atoms with E-state index in [0.29, 0.717) is 26.2 Å². The number of anilines is 1. The molecule has 2 heterocycles. The van der Waals surface area contributed by atoms with Crippen LogP contribution in [0, 0.1) is 4.77 Å². The minimum absolute atomic E-state index is 0.371. The zero-order valence-electron chi connectivity index (χ0n) is 14.1. The Balaban J connectivity index is 1.93. The number of rotatable bonds is 6. The molecule has 0 bridgehead atoms. The molecule has 0 unspecified atom stereocenters. The van der Waals surface area contributed by atoms with Crippen molar-refractivity contribution < 1.29 is 0 Å². The van der Waals surface area contributed by atoms with Crippen molar-refractivity contribution in [2.24, 2.45) is 5.10 Å². The van der Waals surface area contributed by atoms with E-state index in [9.17, 15) is 0 Å². The lowest BCUT2D eigenvalue weighted by Gasteiger charge is -2.16. The van der Waals surface area contributed by atoms with E-state index in [2.05, 4.69) is 39.0 Å². The Morgan fingerprint density at radius 3 is 2.81 bits per heavy atom. The summed E-state index contributed by atoms with van der Waals surface area (Å²) in [5.74, 6) is 0.515. The van der Waals surface area contributed by atoms with Crippen LogP contribution in [0.3, 0.4) is 0 Å². The lowest BCUT2D eigenvalue weighted by Crippen LogP contribution is -2.21. The second-order valence-corrected chi connectivity index (χ2v) is 7.52. The molecule has 1 aromatic carbocycles. The summed E-state index contributed by atoms with van der Waals surface area (Å²) >= 11 is 19.1. The molecule has 0 aliphatic carbocycles. The fourth-order valence-electron chi connectivity index (χ4n) is 2.34. The van der Waals surface area contributed by atoms with E-state index in [-0.39, 0.29) is 0 Å². The second-order valence-electron chi connectivity index (χ2n) is 5.25. The molecule has 2 aromatic heterocycles. The predicted octanol–water partition coefficient (Wildman–Crippen LogP) is 5.10. The molecule has 1 N–H and O–H groups in total. The zero-order chi connectivity index (χ0) is 18.7. The Morgan fingerprint density at radius 1 is 1.35 bits per heavy atom. The first-order chi connectivity index (χ1) is 12.5. The molecule has 0 aliphatic heterocycles. The van der Waals surface area contributed by atoms with Gasteiger partial charge >= 0.3 is 0 Å². The van der Waals surface area contributed by atoms with E-state index in [1.807, 2.05) is 0 Å². The molecule has 26 heavy (non-hydrogen) atoms. The summed E-state index contributed by atoms with van der Waals surface area (Å²) in [6.07, 6.45) is 3.50. The van der Waals surface area contributed by atoms with Crippen molar-refractivity contribution in [1.29, 1.82) is 0 Å². The maximum absolute atomic E-state index is 6.28. The highest BCUT2D eigenvalue weighted by Crippen LogP contribution is 2.29. The first kappa shape index (κ1) is 19.0. The van der Waals surface area contributed by atoms with Gasteiger partial charge in [0.25, 0.3) is 0 Å². The summed E-state index contributed by atoms with van der Waals surface area (Å²) in [5.41, 5.74) is 0.689. The smallest absolute Gasteiger partial charge is 0.216 e. The number of aromatic nitrogens is 4. The van der Waals surface area contributed by atoms with Crippen LogP contribution < -0.4 is 4.90 Å². The highest BCUT2D eigenvalue weighted by molar-refractivity contribution is 7.71. The van der Waals surface area contributed by atoms with Gasteiger partial charge in [-0.15, -0.1) is 0 Å². The number of aromatic amines is 1. The SMILES string of the molecule is CCN(CC)c1ncc(/C=N/n2c(-c3ccc(Cl)cc3Cl)n[nH]c2=S)s1. The predicted molar refractivity (Wildman–Crippen MR) is 112 cm³/mol. The first-order valence-corrected chi connectivity index (χ1v) is 9.89. The number of thiazole rings is 1. The van der Waals surface area contributed by atoms with Crippen molar-refractivity contribution in [3.05, 3.63) is 44.1 Å². The summed E-state index contributed by atoms with van der Waals surface area (Å²) in [6, 6.07) is 5.19. The zero-order valence-corrected chi connectivity index (χ0v) is 17.3. The highest BCUT2D eigenvalue weighted by atomic mass is 35.5. The minimum atomic E-state index is 0.371. The van der Waals surface area contributed by atoms with E-state index in [0.717, 1.165) is 23.1 Å². The van der Waals surface area contributed by atoms with Crippen LogP contribution in [-0.4, -0.2) is 39.2 Å². The molecule has 10 heteroatoms. The van der Waals surface area contributed by atoms with E-state index in [1.54, 1.807) is 41.9 Å². The molecule has 0 saturated carbocycles. The topological polar surface area (TPSA) is 62.1 Å².